The maximum atomic E-state index is 12.1. The molecule has 0 fully saturated rings. The van der Waals surface area contributed by atoms with Gasteiger partial charge in [-0.05, 0) is 24.3 Å². The Bertz CT molecular complexity index is 870. The van der Waals surface area contributed by atoms with Crippen LogP contribution < -0.4 is 15.8 Å². The summed E-state index contributed by atoms with van der Waals surface area (Å²) in [5.74, 6) is 0.673. The number of aromatic nitrogens is 3. The van der Waals surface area contributed by atoms with Crippen LogP contribution >= 0.6 is 15.9 Å². The summed E-state index contributed by atoms with van der Waals surface area (Å²) in [6, 6.07) is 10.7. The van der Waals surface area contributed by atoms with Gasteiger partial charge in [-0.2, -0.15) is 0 Å². The quantitative estimate of drug-likeness (QED) is 0.714. The van der Waals surface area contributed by atoms with Crippen molar-refractivity contribution in [1.29, 1.82) is 0 Å². The molecule has 0 bridgehead atoms. The van der Waals surface area contributed by atoms with Crippen LogP contribution in [-0.2, 0) is 0 Å². The van der Waals surface area contributed by atoms with Crippen LogP contribution in [0.25, 0.3) is 0 Å². The lowest BCUT2D eigenvalue weighted by Crippen LogP contribution is -2.16. The Kier molecular flexibility index (Phi) is 4.66. The van der Waals surface area contributed by atoms with Gasteiger partial charge in [0.25, 0.3) is 5.91 Å². The number of carbonyl (C=O) groups excluding carboxylic acids is 1. The first-order valence-corrected chi connectivity index (χ1v) is 7.68. The predicted octanol–water partition coefficient (Wildman–Crippen LogP) is 3.26. The van der Waals surface area contributed by atoms with Gasteiger partial charge < -0.3 is 15.8 Å². The first-order chi connectivity index (χ1) is 11.6. The van der Waals surface area contributed by atoms with Crippen molar-refractivity contribution >= 4 is 33.3 Å². The summed E-state index contributed by atoms with van der Waals surface area (Å²) >= 11 is 3.37. The Hall–Kier alpha value is -3.00. The molecule has 0 aliphatic carbocycles. The molecule has 3 rings (SSSR count). The van der Waals surface area contributed by atoms with Crippen LogP contribution in [0.1, 0.15) is 10.5 Å². The molecule has 1 amide bonds. The van der Waals surface area contributed by atoms with Crippen LogP contribution in [0.2, 0.25) is 0 Å². The third kappa shape index (κ3) is 3.85. The molecular weight excluding hydrogens is 374 g/mol. The van der Waals surface area contributed by atoms with E-state index in [-0.39, 0.29) is 11.5 Å². The van der Waals surface area contributed by atoms with Crippen molar-refractivity contribution in [2.24, 2.45) is 0 Å². The number of benzene rings is 1. The first kappa shape index (κ1) is 15.9. The molecule has 0 radical (unpaired) electrons. The highest BCUT2D eigenvalue weighted by Gasteiger charge is 2.12. The van der Waals surface area contributed by atoms with E-state index in [9.17, 15) is 4.79 Å². The molecule has 0 spiro atoms. The second-order valence-electron chi connectivity index (χ2n) is 4.69. The number of pyridine rings is 1. The van der Waals surface area contributed by atoms with Gasteiger partial charge >= 0.3 is 0 Å². The average Bonchev–Trinajstić information content (AvgIpc) is 2.57. The highest BCUT2D eigenvalue weighted by Crippen LogP contribution is 2.23. The lowest BCUT2D eigenvalue weighted by atomic mass is 10.3. The van der Waals surface area contributed by atoms with E-state index in [1.54, 1.807) is 12.1 Å². The van der Waals surface area contributed by atoms with E-state index in [0.29, 0.717) is 17.3 Å². The van der Waals surface area contributed by atoms with Crippen molar-refractivity contribution in [3.8, 4) is 11.6 Å². The van der Waals surface area contributed by atoms with E-state index >= 15 is 0 Å². The Balaban J connectivity index is 1.68. The van der Waals surface area contributed by atoms with E-state index in [1.807, 2.05) is 24.3 Å². The monoisotopic (exact) mass is 385 g/mol. The summed E-state index contributed by atoms with van der Waals surface area (Å²) in [5, 5.41) is 2.65. The number of hydrogen-bond acceptors (Lipinski definition) is 6. The molecule has 7 nitrogen and oxygen atoms in total. The van der Waals surface area contributed by atoms with Gasteiger partial charge in [-0.15, -0.1) is 0 Å². The molecule has 0 aliphatic heterocycles. The number of rotatable bonds is 4. The molecule has 24 heavy (non-hydrogen) atoms. The molecule has 0 saturated heterocycles. The number of carbonyl (C=O) groups is 1. The SMILES string of the molecule is Nc1nccnc1C(=O)Nc1ccc(Oc2cccc(Br)c2)nc1. The lowest BCUT2D eigenvalue weighted by molar-refractivity contribution is 0.102. The Morgan fingerprint density at radius 3 is 2.67 bits per heavy atom. The summed E-state index contributed by atoms with van der Waals surface area (Å²) in [4.78, 5) is 24.0. The van der Waals surface area contributed by atoms with E-state index < -0.39 is 5.91 Å². The number of nitrogen functional groups attached to an aromatic ring is 1. The molecular formula is C16H12BrN5O2. The number of nitrogens with zero attached hydrogens (tertiary/aromatic N) is 3. The number of nitrogens with one attached hydrogen (secondary N) is 1. The number of hydrogen-bond donors (Lipinski definition) is 2. The molecule has 1 aromatic carbocycles. The fourth-order valence-corrected chi connectivity index (χ4v) is 2.26. The Morgan fingerprint density at radius 2 is 1.96 bits per heavy atom. The second-order valence-corrected chi connectivity index (χ2v) is 5.60. The van der Waals surface area contributed by atoms with Gasteiger partial charge in [-0.3, -0.25) is 4.79 Å². The third-order valence-corrected chi connectivity index (χ3v) is 3.45. The average molecular weight is 386 g/mol. The number of halogens is 1. The first-order valence-electron chi connectivity index (χ1n) is 6.89. The zero-order valence-electron chi connectivity index (χ0n) is 12.3. The molecule has 2 heterocycles. The maximum Gasteiger partial charge on any atom is 0.278 e. The van der Waals surface area contributed by atoms with E-state index in [2.05, 4.69) is 36.2 Å². The number of amides is 1. The minimum atomic E-state index is -0.456. The van der Waals surface area contributed by atoms with Gasteiger partial charge in [0.15, 0.2) is 11.5 Å². The van der Waals surface area contributed by atoms with E-state index in [4.69, 9.17) is 10.5 Å². The largest absolute Gasteiger partial charge is 0.439 e. The van der Waals surface area contributed by atoms with Gasteiger partial charge in [0, 0.05) is 22.9 Å². The number of nitrogens with two attached hydrogens (primary N) is 1. The molecule has 3 N–H and O–H groups in total. The zero-order valence-corrected chi connectivity index (χ0v) is 13.9. The second kappa shape index (κ2) is 7.05. The summed E-state index contributed by atoms with van der Waals surface area (Å²) in [5.41, 5.74) is 6.18. The number of ether oxygens (including phenoxy) is 1. The molecule has 8 heteroatoms. The predicted molar refractivity (Wildman–Crippen MR) is 92.9 cm³/mol. The number of anilines is 2. The fourth-order valence-electron chi connectivity index (χ4n) is 1.88. The summed E-state index contributed by atoms with van der Waals surface area (Å²) < 4.78 is 6.53. The normalized spacial score (nSPS) is 10.2. The van der Waals surface area contributed by atoms with Crippen molar-refractivity contribution in [2.45, 2.75) is 0 Å². The molecule has 0 unspecified atom stereocenters. The van der Waals surface area contributed by atoms with Crippen LogP contribution in [0.15, 0.2) is 59.5 Å². The molecule has 2 aromatic heterocycles. The topological polar surface area (TPSA) is 103 Å². The smallest absolute Gasteiger partial charge is 0.278 e. The van der Waals surface area contributed by atoms with Crippen molar-refractivity contribution in [3.63, 3.8) is 0 Å². The molecule has 0 aliphatic rings. The van der Waals surface area contributed by atoms with E-state index in [0.717, 1.165) is 4.47 Å². The highest BCUT2D eigenvalue weighted by molar-refractivity contribution is 9.10. The summed E-state index contributed by atoms with van der Waals surface area (Å²) in [6.45, 7) is 0. The summed E-state index contributed by atoms with van der Waals surface area (Å²) in [7, 11) is 0. The molecule has 3 aromatic rings. The van der Waals surface area contributed by atoms with Gasteiger partial charge in [-0.1, -0.05) is 22.0 Å². The lowest BCUT2D eigenvalue weighted by Gasteiger charge is -2.08. The van der Waals surface area contributed by atoms with Crippen molar-refractivity contribution < 1.29 is 9.53 Å². The van der Waals surface area contributed by atoms with Crippen LogP contribution in [0.3, 0.4) is 0 Å². The van der Waals surface area contributed by atoms with Crippen molar-refractivity contribution in [1.82, 2.24) is 15.0 Å². The molecule has 0 saturated carbocycles. The standard InChI is InChI=1S/C16H12BrN5O2/c17-10-2-1-3-12(8-10)24-13-5-4-11(9-21-13)22-16(23)14-15(18)20-7-6-19-14/h1-9H,(H2,18,20)(H,22,23). The van der Waals surface area contributed by atoms with Gasteiger partial charge in [0.2, 0.25) is 5.88 Å². The minimum Gasteiger partial charge on any atom is -0.439 e. The Labute approximate surface area is 146 Å². The third-order valence-electron chi connectivity index (χ3n) is 2.95. The fraction of sp³-hybridized carbons (Fsp3) is 0. The van der Waals surface area contributed by atoms with Crippen molar-refractivity contribution in [3.05, 3.63) is 65.2 Å². The van der Waals surface area contributed by atoms with Crippen LogP contribution in [-0.4, -0.2) is 20.9 Å². The van der Waals surface area contributed by atoms with E-state index in [1.165, 1.54) is 18.6 Å². The van der Waals surface area contributed by atoms with Crippen LogP contribution in [0, 0.1) is 0 Å². The van der Waals surface area contributed by atoms with Gasteiger partial charge in [0.1, 0.15) is 5.75 Å². The highest BCUT2D eigenvalue weighted by atomic mass is 79.9. The minimum absolute atomic E-state index is 0.0620. The van der Waals surface area contributed by atoms with Crippen molar-refractivity contribution in [2.75, 3.05) is 11.1 Å². The van der Waals surface area contributed by atoms with Crippen LogP contribution in [0.4, 0.5) is 11.5 Å². The zero-order chi connectivity index (χ0) is 16.9. The van der Waals surface area contributed by atoms with Gasteiger partial charge in [0.05, 0.1) is 11.9 Å². The Morgan fingerprint density at radius 1 is 1.12 bits per heavy atom. The maximum absolute atomic E-state index is 12.1. The van der Waals surface area contributed by atoms with Gasteiger partial charge in [-0.25, -0.2) is 15.0 Å². The molecule has 120 valence electrons. The summed E-state index contributed by atoms with van der Waals surface area (Å²) in [6.07, 6.45) is 4.30. The molecule has 0 atom stereocenters. The van der Waals surface area contributed by atoms with Crippen LogP contribution in [0.5, 0.6) is 11.6 Å².